The van der Waals surface area contributed by atoms with E-state index in [-0.39, 0.29) is 29.8 Å². The van der Waals surface area contributed by atoms with Crippen molar-refractivity contribution < 1.29 is 28.9 Å². The number of likely N-dealkylation sites (tertiary alicyclic amines) is 1. The summed E-state index contributed by atoms with van der Waals surface area (Å²) < 4.78 is 4.59. The van der Waals surface area contributed by atoms with Gasteiger partial charge in [0.15, 0.2) is 0 Å². The Morgan fingerprint density at radius 3 is 2.08 bits per heavy atom. The Labute approximate surface area is 291 Å². The lowest BCUT2D eigenvalue weighted by molar-refractivity contribution is -0.188. The zero-order valence-corrected chi connectivity index (χ0v) is 29.1. The number of hydrogen-bond donors (Lipinski definition) is 4. The molecule has 50 heavy (non-hydrogen) atoms. The molecule has 0 radical (unpaired) electrons. The Balaban J connectivity index is 1.23. The van der Waals surface area contributed by atoms with Gasteiger partial charge in [-0.05, 0) is 54.9 Å². The van der Waals surface area contributed by atoms with Crippen LogP contribution in [0.1, 0.15) is 64.3 Å². The molecule has 1 saturated heterocycles. The van der Waals surface area contributed by atoms with Crippen molar-refractivity contribution in [2.45, 2.75) is 64.7 Å². The fraction of sp³-hybridized carbons (Fsp3) is 0.389. The molecule has 3 amide bonds. The van der Waals surface area contributed by atoms with Gasteiger partial charge in [0.05, 0.1) is 50.1 Å². The molecule has 4 aromatic rings. The van der Waals surface area contributed by atoms with Crippen LogP contribution in [0.2, 0.25) is 0 Å². The number of hydrogen-bond acceptors (Lipinski definition) is 9. The van der Waals surface area contributed by atoms with E-state index in [0.717, 1.165) is 58.7 Å². The summed E-state index contributed by atoms with van der Waals surface area (Å²) in [5.74, 6) is 0.992. The topological polar surface area (TPSA) is 176 Å². The smallest absolute Gasteiger partial charge is 0.407 e. The van der Waals surface area contributed by atoms with Crippen molar-refractivity contribution in [1.82, 2.24) is 35.5 Å². The van der Waals surface area contributed by atoms with Crippen LogP contribution in [0.25, 0.3) is 33.6 Å². The average Bonchev–Trinajstić information content (AvgIpc) is 3.92. The molecule has 1 aliphatic rings. The second-order valence-electron chi connectivity index (χ2n) is 12.5. The van der Waals surface area contributed by atoms with Gasteiger partial charge in [-0.15, -0.1) is 0 Å². The fourth-order valence-corrected chi connectivity index (χ4v) is 5.89. The van der Waals surface area contributed by atoms with Gasteiger partial charge in [-0.3, -0.25) is 9.59 Å². The van der Waals surface area contributed by atoms with Gasteiger partial charge < -0.3 is 35.1 Å². The van der Waals surface area contributed by atoms with Crippen molar-refractivity contribution in [2.24, 2.45) is 10.9 Å². The van der Waals surface area contributed by atoms with E-state index in [2.05, 4.69) is 74.3 Å². The SMILES string of the molecule is COOC=N[C@@H](C)C(=O)N1CCC[C@H]1c1ncc(-c2ccc(-c3ccc(-c4cnc([C@H](NC(=O)[C@H](C)NC(=O)OC)C(C)C)[nH]4)cc3)cc2)[nH]1. The van der Waals surface area contributed by atoms with Gasteiger partial charge in [0, 0.05) is 6.54 Å². The van der Waals surface area contributed by atoms with Crippen LogP contribution in [0.4, 0.5) is 4.79 Å². The number of carbonyl (C=O) groups excluding carboxylic acids is 3. The molecule has 0 spiro atoms. The van der Waals surface area contributed by atoms with E-state index >= 15 is 0 Å². The van der Waals surface area contributed by atoms with Crippen molar-refractivity contribution in [3.63, 3.8) is 0 Å². The Bertz CT molecular complexity index is 1780. The van der Waals surface area contributed by atoms with Crippen LogP contribution >= 0.6 is 0 Å². The number of methoxy groups -OCH3 is 1. The largest absolute Gasteiger partial charge is 0.453 e. The highest BCUT2D eigenvalue weighted by Crippen LogP contribution is 2.33. The molecule has 14 nitrogen and oxygen atoms in total. The highest BCUT2D eigenvalue weighted by Gasteiger charge is 2.34. The molecule has 1 aliphatic heterocycles. The van der Waals surface area contributed by atoms with E-state index in [4.69, 9.17) is 0 Å². The minimum Gasteiger partial charge on any atom is -0.453 e. The molecule has 14 heteroatoms. The molecule has 264 valence electrons. The number of carbonyl (C=O) groups is 3. The third-order valence-electron chi connectivity index (χ3n) is 8.72. The average molecular weight is 685 g/mol. The first-order chi connectivity index (χ1) is 24.1. The number of amides is 3. The van der Waals surface area contributed by atoms with Gasteiger partial charge in [-0.25, -0.2) is 19.8 Å². The lowest BCUT2D eigenvalue weighted by Gasteiger charge is -2.24. The molecule has 0 saturated carbocycles. The number of benzene rings is 2. The van der Waals surface area contributed by atoms with Gasteiger partial charge in [0.1, 0.15) is 23.7 Å². The maximum Gasteiger partial charge on any atom is 0.407 e. The van der Waals surface area contributed by atoms with Crippen LogP contribution < -0.4 is 10.6 Å². The standard InChI is InChI=1S/C36H44N8O6/c1-21(2)31(43-34(45)22(3)40-36(47)48-5)33-38-19-29(42-33)27-15-11-25(12-16-27)24-9-13-26(14-10-24)28-18-37-32(41-28)30-8-7-17-44(30)35(46)23(4)39-20-50-49-6/h9-16,18-23,30-31H,7-8,17H2,1-6H3,(H,37,41)(H,38,42)(H,40,47)(H,43,45)/t22-,23-,30-,31+/m0/s1. The van der Waals surface area contributed by atoms with Crippen molar-refractivity contribution in [3.05, 3.63) is 72.6 Å². The van der Waals surface area contributed by atoms with Gasteiger partial charge in [-0.1, -0.05) is 62.4 Å². The number of aromatic nitrogens is 4. The summed E-state index contributed by atoms with van der Waals surface area (Å²) >= 11 is 0. The molecule has 5 rings (SSSR count). The molecule has 2 aromatic heterocycles. The van der Waals surface area contributed by atoms with E-state index in [0.29, 0.717) is 12.4 Å². The van der Waals surface area contributed by atoms with Gasteiger partial charge in [0.2, 0.25) is 18.2 Å². The number of ether oxygens (including phenoxy) is 1. The number of rotatable bonds is 13. The number of alkyl carbamates (subject to hydrolysis) is 1. The minimum atomic E-state index is -0.769. The molecule has 0 aliphatic carbocycles. The molecule has 0 bridgehead atoms. The van der Waals surface area contributed by atoms with Crippen LogP contribution in [0, 0.1) is 5.92 Å². The van der Waals surface area contributed by atoms with E-state index in [1.807, 2.05) is 49.2 Å². The zero-order chi connectivity index (χ0) is 35.8. The summed E-state index contributed by atoms with van der Waals surface area (Å²) in [7, 11) is 2.63. The monoisotopic (exact) mass is 684 g/mol. The second-order valence-corrected chi connectivity index (χ2v) is 12.5. The number of nitrogens with one attached hydrogen (secondary N) is 4. The fourth-order valence-electron chi connectivity index (χ4n) is 5.89. The Hall–Kier alpha value is -5.50. The summed E-state index contributed by atoms with van der Waals surface area (Å²) in [6.07, 6.45) is 5.74. The lowest BCUT2D eigenvalue weighted by atomic mass is 10.0. The summed E-state index contributed by atoms with van der Waals surface area (Å²) in [5, 5.41) is 5.45. The van der Waals surface area contributed by atoms with Crippen molar-refractivity contribution in [2.75, 3.05) is 20.8 Å². The molecule has 3 heterocycles. The number of imidazole rings is 2. The van der Waals surface area contributed by atoms with Crippen LogP contribution in [-0.4, -0.2) is 82.0 Å². The summed E-state index contributed by atoms with van der Waals surface area (Å²) in [6.45, 7) is 7.95. The van der Waals surface area contributed by atoms with Crippen molar-refractivity contribution in [3.8, 4) is 33.6 Å². The van der Waals surface area contributed by atoms with Crippen LogP contribution in [0.3, 0.4) is 0 Å². The lowest BCUT2D eigenvalue weighted by Crippen LogP contribution is -2.46. The van der Waals surface area contributed by atoms with Gasteiger partial charge in [-0.2, -0.15) is 4.89 Å². The minimum absolute atomic E-state index is 0.0416. The first-order valence-corrected chi connectivity index (χ1v) is 16.6. The summed E-state index contributed by atoms with van der Waals surface area (Å²) in [5.41, 5.74) is 5.75. The van der Waals surface area contributed by atoms with E-state index in [1.165, 1.54) is 14.2 Å². The maximum atomic E-state index is 13.1. The third kappa shape index (κ3) is 8.37. The zero-order valence-electron chi connectivity index (χ0n) is 29.1. The Kier molecular flexibility index (Phi) is 11.6. The molecular weight excluding hydrogens is 640 g/mol. The maximum absolute atomic E-state index is 13.1. The predicted molar refractivity (Wildman–Crippen MR) is 188 cm³/mol. The highest BCUT2D eigenvalue weighted by atomic mass is 17.2. The van der Waals surface area contributed by atoms with E-state index < -0.39 is 18.2 Å². The van der Waals surface area contributed by atoms with Gasteiger partial charge in [0.25, 0.3) is 0 Å². The van der Waals surface area contributed by atoms with Crippen LogP contribution in [-0.2, 0) is 24.1 Å². The van der Waals surface area contributed by atoms with Crippen LogP contribution in [0.5, 0.6) is 0 Å². The second kappa shape index (κ2) is 16.3. The van der Waals surface area contributed by atoms with Crippen molar-refractivity contribution >= 4 is 24.3 Å². The molecular formula is C36H44N8O6. The van der Waals surface area contributed by atoms with Gasteiger partial charge >= 0.3 is 6.09 Å². The number of aromatic amines is 2. The Morgan fingerprint density at radius 1 is 0.880 bits per heavy atom. The first-order valence-electron chi connectivity index (χ1n) is 16.6. The highest BCUT2D eigenvalue weighted by molar-refractivity contribution is 5.85. The quantitative estimate of drug-likeness (QED) is 0.0631. The molecule has 0 unspecified atom stereocenters. The molecule has 4 N–H and O–H groups in total. The number of H-pyrrole nitrogens is 2. The summed E-state index contributed by atoms with van der Waals surface area (Å²) in [6, 6.07) is 14.5. The number of aliphatic imine (C=N–C) groups is 1. The number of nitrogens with zero attached hydrogens (tertiary/aromatic N) is 4. The molecule has 4 atom stereocenters. The Morgan fingerprint density at radius 2 is 1.48 bits per heavy atom. The van der Waals surface area contributed by atoms with E-state index in [1.54, 1.807) is 20.0 Å². The molecule has 2 aromatic carbocycles. The van der Waals surface area contributed by atoms with E-state index in [9.17, 15) is 14.4 Å². The third-order valence-corrected chi connectivity index (χ3v) is 8.72. The normalized spacial score (nSPS) is 16.3. The first kappa shape index (κ1) is 35.8. The van der Waals surface area contributed by atoms with Crippen molar-refractivity contribution in [1.29, 1.82) is 0 Å². The van der Waals surface area contributed by atoms with Crippen LogP contribution in [0.15, 0.2) is 65.9 Å². The summed E-state index contributed by atoms with van der Waals surface area (Å²) in [4.78, 5) is 68.4. The molecule has 1 fully saturated rings. The predicted octanol–water partition coefficient (Wildman–Crippen LogP) is 5.35.